The van der Waals surface area contributed by atoms with Crippen molar-refractivity contribution in [3.05, 3.63) is 11.8 Å². The van der Waals surface area contributed by atoms with E-state index >= 15 is 0 Å². The van der Waals surface area contributed by atoms with Gasteiger partial charge in [0.25, 0.3) is 0 Å². The van der Waals surface area contributed by atoms with Crippen LogP contribution in [0.1, 0.15) is 12.6 Å². The van der Waals surface area contributed by atoms with Crippen molar-refractivity contribution in [3.8, 4) is 11.5 Å². The van der Waals surface area contributed by atoms with Crippen LogP contribution in [0.5, 0.6) is 0 Å². The minimum Gasteiger partial charge on any atom is -0.339 e. The van der Waals surface area contributed by atoms with Gasteiger partial charge in [-0.3, -0.25) is 14.6 Å². The average Bonchev–Trinajstić information content (AvgIpc) is 3.07. The van der Waals surface area contributed by atoms with Crippen LogP contribution in [-0.2, 0) is 11.8 Å². The van der Waals surface area contributed by atoms with Gasteiger partial charge < -0.3 is 9.80 Å². The third-order valence-corrected chi connectivity index (χ3v) is 3.84. The van der Waals surface area contributed by atoms with Gasteiger partial charge in [0.2, 0.25) is 11.9 Å². The first-order valence-electron chi connectivity index (χ1n) is 6.98. The number of H-pyrrole nitrogens is 1. The normalized spacial score (nSPS) is 15.6. The molecule has 0 unspecified atom stereocenters. The number of hydrogen-bond donors (Lipinski definition) is 1. The Bertz CT molecular complexity index is 632. The van der Waals surface area contributed by atoms with Gasteiger partial charge in [0, 0.05) is 45.8 Å². The lowest BCUT2D eigenvalue weighted by atomic mass is 10.3. The van der Waals surface area contributed by atoms with Gasteiger partial charge >= 0.3 is 0 Å². The molecule has 0 aromatic carbocycles. The molecule has 1 saturated heterocycles. The second kappa shape index (κ2) is 5.19. The molecule has 21 heavy (non-hydrogen) atoms. The number of aromatic nitrogens is 5. The largest absolute Gasteiger partial charge is 0.339 e. The third-order valence-electron chi connectivity index (χ3n) is 3.84. The Morgan fingerprint density at radius 1 is 1.29 bits per heavy atom. The van der Waals surface area contributed by atoms with Crippen molar-refractivity contribution in [2.75, 3.05) is 31.1 Å². The second-order valence-electron chi connectivity index (χ2n) is 5.27. The zero-order valence-corrected chi connectivity index (χ0v) is 12.5. The van der Waals surface area contributed by atoms with Crippen molar-refractivity contribution in [1.29, 1.82) is 0 Å². The molecule has 0 radical (unpaired) electrons. The highest BCUT2D eigenvalue weighted by Crippen LogP contribution is 2.18. The molecule has 3 rings (SSSR count). The van der Waals surface area contributed by atoms with Gasteiger partial charge in [-0.2, -0.15) is 10.1 Å². The minimum atomic E-state index is 0.120. The number of hydrogen-bond acceptors (Lipinski definition) is 5. The molecule has 0 aliphatic carbocycles. The van der Waals surface area contributed by atoms with Crippen molar-refractivity contribution in [2.45, 2.75) is 13.8 Å². The fraction of sp³-hybridized carbons (Fsp3) is 0.538. The first-order valence-corrected chi connectivity index (χ1v) is 6.98. The topological polar surface area (TPSA) is 82.9 Å². The smallest absolute Gasteiger partial charge is 0.245 e. The van der Waals surface area contributed by atoms with Crippen LogP contribution >= 0.6 is 0 Å². The Hall–Kier alpha value is -2.38. The summed E-state index contributed by atoms with van der Waals surface area (Å²) in [5, 5.41) is 11.6. The lowest BCUT2D eigenvalue weighted by molar-refractivity contribution is -0.129. The zero-order chi connectivity index (χ0) is 15.0. The van der Waals surface area contributed by atoms with Gasteiger partial charge in [0.15, 0.2) is 5.82 Å². The van der Waals surface area contributed by atoms with Gasteiger partial charge in [-0.05, 0) is 13.0 Å². The Kier molecular flexibility index (Phi) is 3.36. The van der Waals surface area contributed by atoms with Gasteiger partial charge in [-0.1, -0.05) is 0 Å². The van der Waals surface area contributed by atoms with E-state index in [1.807, 2.05) is 29.6 Å². The predicted octanol–water partition coefficient (Wildman–Crippen LogP) is 0.182. The maximum Gasteiger partial charge on any atom is 0.245 e. The molecule has 1 fully saturated rings. The molecule has 0 atom stereocenters. The summed E-state index contributed by atoms with van der Waals surface area (Å²) >= 11 is 0. The van der Waals surface area contributed by atoms with Crippen LogP contribution in [0.3, 0.4) is 0 Å². The average molecular weight is 289 g/mol. The van der Waals surface area contributed by atoms with Crippen LogP contribution in [0, 0.1) is 6.92 Å². The number of rotatable bonds is 2. The van der Waals surface area contributed by atoms with E-state index in [2.05, 4.69) is 25.2 Å². The monoisotopic (exact) mass is 289 g/mol. The number of carbonyl (C=O) groups is 1. The molecule has 1 aliphatic heterocycles. The van der Waals surface area contributed by atoms with Gasteiger partial charge in [-0.15, -0.1) is 5.10 Å². The van der Waals surface area contributed by atoms with E-state index in [0.29, 0.717) is 24.9 Å². The van der Waals surface area contributed by atoms with Crippen LogP contribution in [0.25, 0.3) is 11.5 Å². The lowest BCUT2D eigenvalue weighted by Gasteiger charge is -2.33. The first-order chi connectivity index (χ1) is 10.0. The Morgan fingerprint density at radius 3 is 2.57 bits per heavy atom. The fourth-order valence-corrected chi connectivity index (χ4v) is 2.41. The van der Waals surface area contributed by atoms with Gasteiger partial charge in [0.05, 0.1) is 0 Å². The summed E-state index contributed by atoms with van der Waals surface area (Å²) < 4.78 is 1.81. The molecule has 112 valence electrons. The molecule has 0 saturated carbocycles. The number of anilines is 1. The standard InChI is InChI=1S/C13H19N7O/c1-9-8-11(17-18(9)3)12-14-13(16-15-12)20-6-4-19(5-7-20)10(2)21/h8H,4-7H2,1-3H3,(H,14,15,16). The molecule has 2 aromatic rings. The molecule has 0 spiro atoms. The van der Waals surface area contributed by atoms with Gasteiger partial charge in [0.1, 0.15) is 5.69 Å². The van der Waals surface area contributed by atoms with Crippen molar-refractivity contribution in [3.63, 3.8) is 0 Å². The second-order valence-corrected chi connectivity index (χ2v) is 5.27. The van der Waals surface area contributed by atoms with Crippen LogP contribution in [0.4, 0.5) is 5.95 Å². The highest BCUT2D eigenvalue weighted by Gasteiger charge is 2.22. The summed E-state index contributed by atoms with van der Waals surface area (Å²) in [5.41, 5.74) is 1.86. The fourth-order valence-electron chi connectivity index (χ4n) is 2.41. The van der Waals surface area contributed by atoms with Gasteiger partial charge in [-0.25, -0.2) is 0 Å². The summed E-state index contributed by atoms with van der Waals surface area (Å²) in [6.07, 6.45) is 0. The maximum absolute atomic E-state index is 11.3. The molecule has 1 amide bonds. The van der Waals surface area contributed by atoms with Crippen LogP contribution < -0.4 is 4.90 Å². The number of aryl methyl sites for hydroxylation is 2. The van der Waals surface area contributed by atoms with E-state index in [0.717, 1.165) is 24.5 Å². The predicted molar refractivity (Wildman–Crippen MR) is 77.8 cm³/mol. The number of nitrogens with zero attached hydrogens (tertiary/aromatic N) is 6. The number of aromatic amines is 1. The van der Waals surface area contributed by atoms with Crippen LogP contribution in [0.2, 0.25) is 0 Å². The van der Waals surface area contributed by atoms with Crippen molar-refractivity contribution in [2.24, 2.45) is 7.05 Å². The SMILES string of the molecule is CC(=O)N1CCN(c2n[nH]c(-c3cc(C)n(C)n3)n2)CC1. The van der Waals surface area contributed by atoms with E-state index in [9.17, 15) is 4.79 Å². The summed E-state index contributed by atoms with van der Waals surface area (Å²) in [5.74, 6) is 1.45. The molecule has 1 aliphatic rings. The molecule has 3 heterocycles. The number of amides is 1. The number of piperazine rings is 1. The van der Waals surface area contributed by atoms with Crippen molar-refractivity contribution in [1.82, 2.24) is 29.9 Å². The summed E-state index contributed by atoms with van der Waals surface area (Å²) in [6, 6.07) is 1.97. The van der Waals surface area contributed by atoms with E-state index < -0.39 is 0 Å². The third kappa shape index (κ3) is 2.61. The van der Waals surface area contributed by atoms with E-state index in [-0.39, 0.29) is 5.91 Å². The zero-order valence-electron chi connectivity index (χ0n) is 12.5. The highest BCUT2D eigenvalue weighted by atomic mass is 16.2. The Balaban J connectivity index is 1.72. The Morgan fingerprint density at radius 2 is 2.00 bits per heavy atom. The molecule has 0 bridgehead atoms. The van der Waals surface area contributed by atoms with Crippen molar-refractivity contribution >= 4 is 11.9 Å². The van der Waals surface area contributed by atoms with E-state index in [4.69, 9.17) is 0 Å². The number of carbonyl (C=O) groups excluding carboxylic acids is 1. The minimum absolute atomic E-state index is 0.120. The van der Waals surface area contributed by atoms with E-state index in [1.165, 1.54) is 0 Å². The summed E-state index contributed by atoms with van der Waals surface area (Å²) in [7, 11) is 1.90. The Labute approximate surface area is 122 Å². The summed E-state index contributed by atoms with van der Waals surface area (Å²) in [4.78, 5) is 19.8. The molecular formula is C13H19N7O. The van der Waals surface area contributed by atoms with Crippen LogP contribution in [-0.4, -0.2) is 61.9 Å². The summed E-state index contributed by atoms with van der Waals surface area (Å²) in [6.45, 7) is 6.51. The quantitative estimate of drug-likeness (QED) is 0.853. The number of nitrogens with one attached hydrogen (secondary N) is 1. The van der Waals surface area contributed by atoms with Crippen molar-refractivity contribution < 1.29 is 4.79 Å². The molecule has 8 nitrogen and oxygen atoms in total. The molecule has 2 aromatic heterocycles. The molecular weight excluding hydrogens is 270 g/mol. The van der Waals surface area contributed by atoms with Crippen LogP contribution in [0.15, 0.2) is 6.07 Å². The molecule has 1 N–H and O–H groups in total. The first kappa shape index (κ1) is 13.6. The highest BCUT2D eigenvalue weighted by molar-refractivity contribution is 5.73. The maximum atomic E-state index is 11.3. The lowest BCUT2D eigenvalue weighted by Crippen LogP contribution is -2.48. The van der Waals surface area contributed by atoms with E-state index in [1.54, 1.807) is 6.92 Å². The molecule has 8 heteroatoms.